The summed E-state index contributed by atoms with van der Waals surface area (Å²) >= 11 is 0. The first kappa shape index (κ1) is 20.6. The molecule has 4 aromatic heterocycles. The van der Waals surface area contributed by atoms with Crippen LogP contribution in [0.25, 0.3) is 22.6 Å². The highest BCUT2D eigenvalue weighted by Gasteiger charge is 2.17. The highest BCUT2D eigenvalue weighted by molar-refractivity contribution is 5.66. The van der Waals surface area contributed by atoms with Gasteiger partial charge in [0.05, 0.1) is 34.5 Å². The average molecular weight is 432 g/mol. The molecule has 0 unspecified atom stereocenters. The molecule has 1 fully saturated rings. The van der Waals surface area contributed by atoms with Gasteiger partial charge < -0.3 is 9.80 Å². The van der Waals surface area contributed by atoms with Gasteiger partial charge in [-0.25, -0.2) is 9.50 Å². The standard InChI is InChI=1S/C24H29N7O/c1-4-6-19-22-13-21(27-31(22)15-17(3)25-19)20-14-24(32)30-16-18(7-8-23(30)26-20)29-11-9-28(5-2)10-12-29/h7-8,13-16H,4-6,9-12H2,1-3H3. The first-order valence-electron chi connectivity index (χ1n) is 11.4. The molecule has 1 aliphatic heterocycles. The minimum atomic E-state index is -0.0980. The SMILES string of the molecule is CCCc1nc(C)cn2nc(-c3cc(=O)n4cc(N5CCN(CC)CC5)ccc4n3)cc12. The first-order chi connectivity index (χ1) is 15.6. The van der Waals surface area contributed by atoms with Crippen LogP contribution in [0.2, 0.25) is 0 Å². The van der Waals surface area contributed by atoms with Gasteiger partial charge in [-0.05, 0) is 38.1 Å². The number of pyridine rings is 1. The number of piperazine rings is 1. The van der Waals surface area contributed by atoms with Crippen LogP contribution in [0.15, 0.2) is 41.5 Å². The molecule has 0 saturated carbocycles. The van der Waals surface area contributed by atoms with Crippen LogP contribution in [0.4, 0.5) is 5.69 Å². The molecule has 0 aliphatic carbocycles. The Morgan fingerprint density at radius 3 is 2.53 bits per heavy atom. The van der Waals surface area contributed by atoms with E-state index >= 15 is 0 Å². The molecule has 0 N–H and O–H groups in total. The van der Waals surface area contributed by atoms with Gasteiger partial charge in [-0.3, -0.25) is 14.2 Å². The molecule has 8 nitrogen and oxygen atoms in total. The number of aryl methyl sites for hydroxylation is 2. The maximum Gasteiger partial charge on any atom is 0.258 e. The van der Waals surface area contributed by atoms with Gasteiger partial charge >= 0.3 is 0 Å². The smallest absolute Gasteiger partial charge is 0.258 e. The summed E-state index contributed by atoms with van der Waals surface area (Å²) in [4.78, 5) is 27.2. The summed E-state index contributed by atoms with van der Waals surface area (Å²) in [6, 6.07) is 7.55. The lowest BCUT2D eigenvalue weighted by molar-refractivity contribution is 0.271. The third-order valence-corrected chi connectivity index (χ3v) is 6.23. The van der Waals surface area contributed by atoms with Crippen LogP contribution in [0.5, 0.6) is 0 Å². The van der Waals surface area contributed by atoms with Crippen LogP contribution in [0.3, 0.4) is 0 Å². The fourth-order valence-corrected chi connectivity index (χ4v) is 4.46. The van der Waals surface area contributed by atoms with Crippen LogP contribution in [0.1, 0.15) is 31.7 Å². The third-order valence-electron chi connectivity index (χ3n) is 6.23. The van der Waals surface area contributed by atoms with Gasteiger partial charge in [0, 0.05) is 38.4 Å². The normalized spacial score (nSPS) is 15.2. The Hall–Kier alpha value is -3.26. The predicted molar refractivity (Wildman–Crippen MR) is 127 cm³/mol. The average Bonchev–Trinajstić information content (AvgIpc) is 3.23. The quantitative estimate of drug-likeness (QED) is 0.484. The Morgan fingerprint density at radius 1 is 0.969 bits per heavy atom. The van der Waals surface area contributed by atoms with E-state index in [1.54, 1.807) is 10.5 Å². The number of rotatable bonds is 5. The van der Waals surface area contributed by atoms with Crippen molar-refractivity contribution in [1.29, 1.82) is 0 Å². The Balaban J connectivity index is 1.51. The molecule has 0 aromatic carbocycles. The molecule has 8 heteroatoms. The van der Waals surface area contributed by atoms with E-state index in [0.29, 0.717) is 17.0 Å². The Labute approximate surface area is 187 Å². The molecule has 0 bridgehead atoms. The van der Waals surface area contributed by atoms with Gasteiger partial charge in [-0.15, -0.1) is 0 Å². The van der Waals surface area contributed by atoms with Gasteiger partial charge in [0.25, 0.3) is 5.56 Å². The minimum absolute atomic E-state index is 0.0980. The van der Waals surface area contributed by atoms with Crippen molar-refractivity contribution in [1.82, 2.24) is 28.9 Å². The molecule has 1 saturated heterocycles. The molecule has 0 amide bonds. The second kappa shape index (κ2) is 8.35. The van der Waals surface area contributed by atoms with Crippen molar-refractivity contribution in [2.45, 2.75) is 33.6 Å². The topological polar surface area (TPSA) is 71.0 Å². The zero-order valence-corrected chi connectivity index (χ0v) is 19.0. The minimum Gasteiger partial charge on any atom is -0.368 e. The first-order valence-corrected chi connectivity index (χ1v) is 11.4. The van der Waals surface area contributed by atoms with Gasteiger partial charge in [0.1, 0.15) is 11.3 Å². The maximum atomic E-state index is 13.0. The third kappa shape index (κ3) is 3.75. The molecular formula is C24H29N7O. The Morgan fingerprint density at radius 2 is 1.78 bits per heavy atom. The number of nitrogens with zero attached hydrogens (tertiary/aromatic N) is 7. The molecule has 166 valence electrons. The highest BCUT2D eigenvalue weighted by atomic mass is 16.1. The van der Waals surface area contributed by atoms with Crippen LogP contribution >= 0.6 is 0 Å². The fraction of sp³-hybridized carbons (Fsp3) is 0.417. The van der Waals surface area contributed by atoms with Crippen molar-refractivity contribution in [3.05, 3.63) is 58.4 Å². The van der Waals surface area contributed by atoms with E-state index in [1.807, 2.05) is 36.0 Å². The van der Waals surface area contributed by atoms with E-state index in [4.69, 9.17) is 10.1 Å². The maximum absolute atomic E-state index is 13.0. The van der Waals surface area contributed by atoms with E-state index in [9.17, 15) is 4.79 Å². The number of hydrogen-bond acceptors (Lipinski definition) is 6. The van der Waals surface area contributed by atoms with Gasteiger partial charge in [-0.2, -0.15) is 5.10 Å². The molecule has 0 radical (unpaired) electrons. The number of hydrogen-bond donors (Lipinski definition) is 0. The zero-order valence-electron chi connectivity index (χ0n) is 19.0. The predicted octanol–water partition coefficient (Wildman–Crippen LogP) is 2.81. The lowest BCUT2D eigenvalue weighted by Gasteiger charge is -2.35. The number of aromatic nitrogens is 5. The molecule has 32 heavy (non-hydrogen) atoms. The fourth-order valence-electron chi connectivity index (χ4n) is 4.46. The summed E-state index contributed by atoms with van der Waals surface area (Å²) in [7, 11) is 0. The van der Waals surface area contributed by atoms with E-state index in [1.165, 1.54) is 0 Å². The summed E-state index contributed by atoms with van der Waals surface area (Å²) in [5, 5.41) is 4.69. The molecule has 0 spiro atoms. The number of anilines is 1. The second-order valence-electron chi connectivity index (χ2n) is 8.45. The Kier molecular flexibility index (Phi) is 5.38. The zero-order chi connectivity index (χ0) is 22.2. The van der Waals surface area contributed by atoms with E-state index in [0.717, 1.165) is 68.2 Å². The van der Waals surface area contributed by atoms with Crippen molar-refractivity contribution in [3.8, 4) is 11.4 Å². The second-order valence-corrected chi connectivity index (χ2v) is 8.45. The van der Waals surface area contributed by atoms with E-state index < -0.39 is 0 Å². The van der Waals surface area contributed by atoms with Crippen molar-refractivity contribution in [2.24, 2.45) is 0 Å². The molecule has 5 heterocycles. The van der Waals surface area contributed by atoms with E-state index in [-0.39, 0.29) is 5.56 Å². The van der Waals surface area contributed by atoms with Gasteiger partial charge in [-0.1, -0.05) is 20.3 Å². The Bertz CT molecular complexity index is 1330. The van der Waals surface area contributed by atoms with Gasteiger partial charge in [0.15, 0.2) is 0 Å². The van der Waals surface area contributed by atoms with Crippen LogP contribution in [-0.2, 0) is 6.42 Å². The van der Waals surface area contributed by atoms with Crippen molar-refractivity contribution in [2.75, 3.05) is 37.6 Å². The lowest BCUT2D eigenvalue weighted by Crippen LogP contribution is -2.46. The molecule has 4 aromatic rings. The molecule has 0 atom stereocenters. The van der Waals surface area contributed by atoms with Crippen molar-refractivity contribution < 1.29 is 0 Å². The van der Waals surface area contributed by atoms with E-state index in [2.05, 4.69) is 34.7 Å². The lowest BCUT2D eigenvalue weighted by atomic mass is 10.2. The van der Waals surface area contributed by atoms with Crippen LogP contribution in [-0.4, -0.2) is 61.6 Å². The summed E-state index contributed by atoms with van der Waals surface area (Å²) < 4.78 is 3.49. The van der Waals surface area contributed by atoms with Crippen LogP contribution < -0.4 is 10.5 Å². The van der Waals surface area contributed by atoms with Crippen LogP contribution in [0, 0.1) is 6.92 Å². The summed E-state index contributed by atoms with van der Waals surface area (Å²) in [6.07, 6.45) is 5.72. The summed E-state index contributed by atoms with van der Waals surface area (Å²) in [5.74, 6) is 0. The summed E-state index contributed by atoms with van der Waals surface area (Å²) in [5.41, 5.74) is 5.78. The monoisotopic (exact) mass is 431 g/mol. The van der Waals surface area contributed by atoms with Crippen molar-refractivity contribution in [3.63, 3.8) is 0 Å². The summed E-state index contributed by atoms with van der Waals surface area (Å²) in [6.45, 7) is 11.4. The largest absolute Gasteiger partial charge is 0.368 e. The van der Waals surface area contributed by atoms with Gasteiger partial charge in [0.2, 0.25) is 0 Å². The molecule has 1 aliphatic rings. The molecular weight excluding hydrogens is 402 g/mol. The van der Waals surface area contributed by atoms with Crippen molar-refractivity contribution >= 4 is 16.9 Å². The number of likely N-dealkylation sites (N-methyl/N-ethyl adjacent to an activating group) is 1. The number of fused-ring (bicyclic) bond motifs is 2. The highest BCUT2D eigenvalue weighted by Crippen LogP contribution is 2.22. The molecule has 5 rings (SSSR count).